The Kier molecular flexibility index (Phi) is 4.51. The normalized spacial score (nSPS) is 10.3. The molecule has 3 rings (SSSR count). The Labute approximate surface area is 143 Å². The molecule has 0 spiro atoms. The topological polar surface area (TPSA) is 110 Å². The SMILES string of the molecule is CC(=O)c1cccc(Nc2nccc(C(=O)Nc3cc(C)on3)n2)c1. The Morgan fingerprint density at radius 2 is 2.00 bits per heavy atom. The average Bonchev–Trinajstić information content (AvgIpc) is 3.00. The fourth-order valence-corrected chi connectivity index (χ4v) is 2.10. The molecule has 1 aromatic carbocycles. The van der Waals surface area contributed by atoms with Crippen molar-refractivity contribution in [2.75, 3.05) is 10.6 Å². The largest absolute Gasteiger partial charge is 0.360 e. The third-order valence-corrected chi connectivity index (χ3v) is 3.28. The second-order valence-electron chi connectivity index (χ2n) is 5.30. The van der Waals surface area contributed by atoms with Gasteiger partial charge in [0.25, 0.3) is 5.91 Å². The fraction of sp³-hybridized carbons (Fsp3) is 0.118. The van der Waals surface area contributed by atoms with Crippen LogP contribution in [0.15, 0.2) is 47.1 Å². The van der Waals surface area contributed by atoms with Gasteiger partial charge in [-0.15, -0.1) is 0 Å². The maximum atomic E-state index is 12.2. The summed E-state index contributed by atoms with van der Waals surface area (Å²) in [5, 5.41) is 9.26. The number of amides is 1. The number of benzene rings is 1. The molecule has 0 bridgehead atoms. The first-order valence-corrected chi connectivity index (χ1v) is 7.47. The van der Waals surface area contributed by atoms with Crippen molar-refractivity contribution >= 4 is 29.1 Å². The number of nitrogens with zero attached hydrogens (tertiary/aromatic N) is 3. The minimum absolute atomic E-state index is 0.0411. The highest BCUT2D eigenvalue weighted by Crippen LogP contribution is 2.16. The van der Waals surface area contributed by atoms with E-state index in [9.17, 15) is 9.59 Å². The van der Waals surface area contributed by atoms with E-state index in [0.29, 0.717) is 22.8 Å². The number of Topliss-reactive ketones (excluding diaryl/α,β-unsaturated/α-hetero) is 1. The minimum atomic E-state index is -0.434. The quantitative estimate of drug-likeness (QED) is 0.689. The van der Waals surface area contributed by atoms with Crippen LogP contribution in [0.1, 0.15) is 33.5 Å². The Morgan fingerprint density at radius 3 is 2.72 bits per heavy atom. The lowest BCUT2D eigenvalue weighted by molar-refractivity contribution is 0.101. The molecule has 0 saturated carbocycles. The van der Waals surface area contributed by atoms with Gasteiger partial charge in [-0.25, -0.2) is 9.97 Å². The molecule has 1 amide bonds. The Hall–Kier alpha value is -3.55. The average molecular weight is 337 g/mol. The minimum Gasteiger partial charge on any atom is -0.360 e. The molecule has 2 heterocycles. The summed E-state index contributed by atoms with van der Waals surface area (Å²) in [7, 11) is 0. The highest BCUT2D eigenvalue weighted by Gasteiger charge is 2.12. The Bertz CT molecular complexity index is 935. The van der Waals surface area contributed by atoms with E-state index in [-0.39, 0.29) is 17.4 Å². The van der Waals surface area contributed by atoms with Crippen molar-refractivity contribution in [2.45, 2.75) is 13.8 Å². The molecule has 0 fully saturated rings. The summed E-state index contributed by atoms with van der Waals surface area (Å²) in [6.07, 6.45) is 1.47. The fourth-order valence-electron chi connectivity index (χ4n) is 2.10. The smallest absolute Gasteiger partial charge is 0.275 e. The van der Waals surface area contributed by atoms with Crippen LogP contribution in [-0.2, 0) is 0 Å². The van der Waals surface area contributed by atoms with Crippen LogP contribution in [0, 0.1) is 6.92 Å². The van der Waals surface area contributed by atoms with Crippen LogP contribution in [-0.4, -0.2) is 26.8 Å². The molecule has 8 nitrogen and oxygen atoms in total. The van der Waals surface area contributed by atoms with Crippen LogP contribution >= 0.6 is 0 Å². The number of carbonyl (C=O) groups excluding carboxylic acids is 2. The molecule has 2 aromatic heterocycles. The number of aromatic nitrogens is 3. The Morgan fingerprint density at radius 1 is 1.16 bits per heavy atom. The second kappa shape index (κ2) is 6.91. The maximum absolute atomic E-state index is 12.2. The number of hydrogen-bond donors (Lipinski definition) is 2. The third-order valence-electron chi connectivity index (χ3n) is 3.28. The summed E-state index contributed by atoms with van der Waals surface area (Å²) in [4.78, 5) is 31.9. The van der Waals surface area contributed by atoms with Crippen LogP contribution in [0.5, 0.6) is 0 Å². The number of carbonyl (C=O) groups is 2. The summed E-state index contributed by atoms with van der Waals surface area (Å²) >= 11 is 0. The van der Waals surface area contributed by atoms with Crippen LogP contribution in [0.3, 0.4) is 0 Å². The van der Waals surface area contributed by atoms with Gasteiger partial charge in [-0.1, -0.05) is 17.3 Å². The van der Waals surface area contributed by atoms with E-state index in [2.05, 4.69) is 25.8 Å². The van der Waals surface area contributed by atoms with Gasteiger partial charge in [0.05, 0.1) is 0 Å². The number of nitrogens with one attached hydrogen (secondary N) is 2. The molecule has 3 aromatic rings. The summed E-state index contributed by atoms with van der Waals surface area (Å²) in [5.41, 5.74) is 1.39. The number of hydrogen-bond acceptors (Lipinski definition) is 7. The molecule has 0 atom stereocenters. The third kappa shape index (κ3) is 4.05. The van der Waals surface area contributed by atoms with Crippen molar-refractivity contribution in [3.63, 3.8) is 0 Å². The zero-order chi connectivity index (χ0) is 17.8. The lowest BCUT2D eigenvalue weighted by atomic mass is 10.1. The monoisotopic (exact) mass is 337 g/mol. The Balaban J connectivity index is 1.76. The van der Waals surface area contributed by atoms with E-state index >= 15 is 0 Å². The van der Waals surface area contributed by atoms with Gasteiger partial charge in [-0.2, -0.15) is 0 Å². The van der Waals surface area contributed by atoms with Gasteiger partial charge >= 0.3 is 0 Å². The summed E-state index contributed by atoms with van der Waals surface area (Å²) < 4.78 is 4.90. The molecule has 8 heteroatoms. The van der Waals surface area contributed by atoms with Gasteiger partial charge in [0.2, 0.25) is 5.95 Å². The molecule has 2 N–H and O–H groups in total. The van der Waals surface area contributed by atoms with Crippen molar-refractivity contribution in [3.05, 3.63) is 59.6 Å². The predicted molar refractivity (Wildman–Crippen MR) is 91.0 cm³/mol. The summed E-state index contributed by atoms with van der Waals surface area (Å²) in [6, 6.07) is 10.0. The zero-order valence-electron chi connectivity index (χ0n) is 13.6. The molecule has 0 aliphatic carbocycles. The van der Waals surface area contributed by atoms with Gasteiger partial charge in [0.15, 0.2) is 11.6 Å². The van der Waals surface area contributed by atoms with Crippen LogP contribution in [0.25, 0.3) is 0 Å². The van der Waals surface area contributed by atoms with Crippen molar-refractivity contribution in [2.24, 2.45) is 0 Å². The zero-order valence-corrected chi connectivity index (χ0v) is 13.6. The molecule has 0 saturated heterocycles. The van der Waals surface area contributed by atoms with Gasteiger partial charge in [-0.3, -0.25) is 9.59 Å². The van der Waals surface area contributed by atoms with Crippen molar-refractivity contribution in [3.8, 4) is 0 Å². The van der Waals surface area contributed by atoms with Gasteiger partial charge < -0.3 is 15.2 Å². The standard InChI is InChI=1S/C17H15N5O3/c1-10-8-15(22-25-10)21-16(24)14-6-7-18-17(20-14)19-13-5-3-4-12(9-13)11(2)23/h3-9H,1-2H3,(H,18,19,20)(H,21,22,24). The van der Waals surface area contributed by atoms with E-state index < -0.39 is 5.91 Å². The first-order valence-electron chi connectivity index (χ1n) is 7.47. The molecule has 0 radical (unpaired) electrons. The lowest BCUT2D eigenvalue weighted by Crippen LogP contribution is -2.15. The van der Waals surface area contributed by atoms with Crippen molar-refractivity contribution in [1.82, 2.24) is 15.1 Å². The maximum Gasteiger partial charge on any atom is 0.275 e. The lowest BCUT2D eigenvalue weighted by Gasteiger charge is -2.07. The van der Waals surface area contributed by atoms with E-state index in [1.54, 1.807) is 37.3 Å². The molecule has 0 aliphatic rings. The molecule has 25 heavy (non-hydrogen) atoms. The van der Waals surface area contributed by atoms with Crippen LogP contribution < -0.4 is 10.6 Å². The van der Waals surface area contributed by atoms with E-state index in [4.69, 9.17) is 4.52 Å². The number of rotatable bonds is 5. The van der Waals surface area contributed by atoms with Gasteiger partial charge in [0, 0.05) is 23.5 Å². The number of anilines is 3. The molecular weight excluding hydrogens is 322 g/mol. The van der Waals surface area contributed by atoms with Crippen molar-refractivity contribution < 1.29 is 14.1 Å². The van der Waals surface area contributed by atoms with E-state index in [1.807, 2.05) is 0 Å². The molecule has 126 valence electrons. The predicted octanol–water partition coefficient (Wildman–Crippen LogP) is 2.97. The van der Waals surface area contributed by atoms with E-state index in [0.717, 1.165) is 0 Å². The van der Waals surface area contributed by atoms with Crippen molar-refractivity contribution in [1.29, 1.82) is 0 Å². The summed E-state index contributed by atoms with van der Waals surface area (Å²) in [6.45, 7) is 3.22. The number of aryl methyl sites for hydroxylation is 1. The van der Waals surface area contributed by atoms with E-state index in [1.165, 1.54) is 19.2 Å². The highest BCUT2D eigenvalue weighted by molar-refractivity contribution is 6.02. The summed E-state index contributed by atoms with van der Waals surface area (Å²) in [5.74, 6) is 0.664. The highest BCUT2D eigenvalue weighted by atomic mass is 16.5. The first-order chi connectivity index (χ1) is 12.0. The molecule has 0 unspecified atom stereocenters. The number of ketones is 1. The molecular formula is C17H15N5O3. The second-order valence-corrected chi connectivity index (χ2v) is 5.30. The first kappa shape index (κ1) is 16.3. The van der Waals surface area contributed by atoms with Gasteiger partial charge in [-0.05, 0) is 32.0 Å². The van der Waals surface area contributed by atoms with Gasteiger partial charge in [0.1, 0.15) is 11.5 Å². The van der Waals surface area contributed by atoms with Crippen LogP contribution in [0.2, 0.25) is 0 Å². The molecule has 0 aliphatic heterocycles. The van der Waals surface area contributed by atoms with Crippen LogP contribution in [0.4, 0.5) is 17.5 Å².